The van der Waals surface area contributed by atoms with Crippen molar-refractivity contribution in [3.8, 4) is 0 Å². The van der Waals surface area contributed by atoms with Crippen LogP contribution in [0.15, 0.2) is 0 Å². The first kappa shape index (κ1) is 12.2. The van der Waals surface area contributed by atoms with Crippen LogP contribution in [0.5, 0.6) is 0 Å². The van der Waals surface area contributed by atoms with Gasteiger partial charge in [0.15, 0.2) is 0 Å². The smallest absolute Gasteiger partial charge is 0.409 e. The summed E-state index contributed by atoms with van der Waals surface area (Å²) in [7, 11) is 3.13. The second-order valence-corrected chi connectivity index (χ2v) is 3.73. The molecule has 1 rings (SSSR count). The number of hydrogen-bond acceptors (Lipinski definition) is 5. The summed E-state index contributed by atoms with van der Waals surface area (Å²) >= 11 is 0. The molecular weight excluding hydrogens is 202 g/mol. The zero-order valence-corrected chi connectivity index (χ0v) is 8.92. The summed E-state index contributed by atoms with van der Waals surface area (Å²) in [6.07, 6.45) is -2.53. The lowest BCUT2D eigenvalue weighted by Gasteiger charge is -2.31. The molecule has 1 amide bonds. The zero-order chi connectivity index (χ0) is 11.4. The molecule has 0 spiro atoms. The van der Waals surface area contributed by atoms with Gasteiger partial charge in [-0.15, -0.1) is 0 Å². The molecule has 2 N–H and O–H groups in total. The number of carbonyl (C=O) groups excluding carboxylic acids is 1. The van der Waals surface area contributed by atoms with E-state index in [1.807, 2.05) is 0 Å². The van der Waals surface area contributed by atoms with E-state index in [-0.39, 0.29) is 6.61 Å². The van der Waals surface area contributed by atoms with Gasteiger partial charge in [0.25, 0.3) is 0 Å². The molecule has 0 saturated carbocycles. The number of aliphatic hydroxyl groups is 2. The van der Waals surface area contributed by atoms with Crippen LogP contribution in [-0.2, 0) is 9.47 Å². The van der Waals surface area contributed by atoms with Crippen LogP contribution in [0.3, 0.4) is 0 Å². The molecule has 6 nitrogen and oxygen atoms in total. The lowest BCUT2D eigenvalue weighted by Crippen LogP contribution is -2.47. The zero-order valence-electron chi connectivity index (χ0n) is 8.92. The molecule has 2 unspecified atom stereocenters. The van der Waals surface area contributed by atoms with Crippen molar-refractivity contribution in [2.24, 2.45) is 0 Å². The Morgan fingerprint density at radius 3 is 2.80 bits per heavy atom. The predicted octanol–water partition coefficient (Wildman–Crippen LogP) is -0.805. The average Bonchev–Trinajstić information content (AvgIpc) is 2.19. The SMILES string of the molecule is CN(C)C(=O)OCC1OCCC(O)[C@@H]1O. The molecule has 0 radical (unpaired) electrons. The highest BCUT2D eigenvalue weighted by Gasteiger charge is 2.32. The van der Waals surface area contributed by atoms with E-state index in [1.54, 1.807) is 14.1 Å². The fourth-order valence-electron chi connectivity index (χ4n) is 1.29. The third-order valence-electron chi connectivity index (χ3n) is 2.26. The van der Waals surface area contributed by atoms with E-state index in [4.69, 9.17) is 9.47 Å². The first-order valence-electron chi connectivity index (χ1n) is 4.84. The van der Waals surface area contributed by atoms with Crippen LogP contribution in [0.25, 0.3) is 0 Å². The fraction of sp³-hybridized carbons (Fsp3) is 0.889. The predicted molar refractivity (Wildman–Crippen MR) is 51.4 cm³/mol. The number of rotatable bonds is 2. The third-order valence-corrected chi connectivity index (χ3v) is 2.26. The fourth-order valence-corrected chi connectivity index (χ4v) is 1.29. The van der Waals surface area contributed by atoms with Crippen LogP contribution in [0.4, 0.5) is 4.79 Å². The molecule has 6 heteroatoms. The van der Waals surface area contributed by atoms with Gasteiger partial charge in [0.05, 0.1) is 6.10 Å². The molecule has 88 valence electrons. The second-order valence-electron chi connectivity index (χ2n) is 3.73. The minimum Gasteiger partial charge on any atom is -0.447 e. The van der Waals surface area contributed by atoms with Gasteiger partial charge in [-0.05, 0) is 6.42 Å². The van der Waals surface area contributed by atoms with Gasteiger partial charge < -0.3 is 24.6 Å². The Balaban J connectivity index is 2.34. The largest absolute Gasteiger partial charge is 0.447 e. The van der Waals surface area contributed by atoms with Gasteiger partial charge in [-0.25, -0.2) is 4.79 Å². The molecule has 3 atom stereocenters. The summed E-state index contributed by atoms with van der Waals surface area (Å²) in [5.41, 5.74) is 0. The Bertz CT molecular complexity index is 221. The Kier molecular flexibility index (Phi) is 4.31. The van der Waals surface area contributed by atoms with Crippen molar-refractivity contribution < 1.29 is 24.5 Å². The topological polar surface area (TPSA) is 79.2 Å². The Labute approximate surface area is 88.4 Å². The Morgan fingerprint density at radius 2 is 2.20 bits per heavy atom. The van der Waals surface area contributed by atoms with Crippen molar-refractivity contribution in [2.75, 3.05) is 27.3 Å². The molecule has 0 aromatic heterocycles. The normalized spacial score (nSPS) is 31.1. The molecule has 0 aromatic rings. The van der Waals surface area contributed by atoms with Crippen LogP contribution in [0.2, 0.25) is 0 Å². The summed E-state index contributed by atoms with van der Waals surface area (Å²) < 4.78 is 10.0. The highest BCUT2D eigenvalue weighted by Crippen LogP contribution is 2.15. The Morgan fingerprint density at radius 1 is 1.53 bits per heavy atom. The third kappa shape index (κ3) is 3.33. The van der Waals surface area contributed by atoms with Gasteiger partial charge in [-0.2, -0.15) is 0 Å². The first-order valence-corrected chi connectivity index (χ1v) is 4.84. The maximum absolute atomic E-state index is 11.1. The van der Waals surface area contributed by atoms with E-state index in [1.165, 1.54) is 4.90 Å². The molecule has 1 aliphatic heterocycles. The summed E-state index contributed by atoms with van der Waals surface area (Å²) in [4.78, 5) is 12.4. The average molecular weight is 219 g/mol. The monoisotopic (exact) mass is 219 g/mol. The number of carbonyl (C=O) groups is 1. The van der Waals surface area contributed by atoms with Crippen molar-refractivity contribution in [1.29, 1.82) is 0 Å². The number of nitrogens with zero attached hydrogens (tertiary/aromatic N) is 1. The van der Waals surface area contributed by atoms with Gasteiger partial charge in [0, 0.05) is 20.7 Å². The van der Waals surface area contributed by atoms with E-state index in [9.17, 15) is 15.0 Å². The molecule has 0 aliphatic carbocycles. The molecule has 0 bridgehead atoms. The first-order chi connectivity index (χ1) is 7.02. The maximum atomic E-state index is 11.1. The van der Waals surface area contributed by atoms with Gasteiger partial charge in [-0.3, -0.25) is 0 Å². The number of aliphatic hydroxyl groups excluding tert-OH is 2. The highest BCUT2D eigenvalue weighted by molar-refractivity contribution is 5.66. The van der Waals surface area contributed by atoms with Gasteiger partial charge in [0.1, 0.15) is 18.8 Å². The van der Waals surface area contributed by atoms with Gasteiger partial charge in [0.2, 0.25) is 0 Å². The standard InChI is InChI=1S/C9H17NO5/c1-10(2)9(13)15-5-7-8(12)6(11)3-4-14-7/h6-8,11-12H,3-5H2,1-2H3/t6?,7?,8-/m0/s1. The van der Waals surface area contributed by atoms with Gasteiger partial charge in [-0.1, -0.05) is 0 Å². The quantitative estimate of drug-likeness (QED) is 0.635. The number of hydrogen-bond donors (Lipinski definition) is 2. The van der Waals surface area contributed by atoms with E-state index in [2.05, 4.69) is 0 Å². The van der Waals surface area contributed by atoms with Crippen LogP contribution in [-0.4, -0.2) is 66.8 Å². The van der Waals surface area contributed by atoms with E-state index >= 15 is 0 Å². The number of ether oxygens (including phenoxy) is 2. The van der Waals surface area contributed by atoms with Crippen LogP contribution in [0, 0.1) is 0 Å². The second kappa shape index (κ2) is 5.29. The molecule has 15 heavy (non-hydrogen) atoms. The summed E-state index contributed by atoms with van der Waals surface area (Å²) in [5, 5.41) is 18.9. The summed E-state index contributed by atoms with van der Waals surface area (Å²) in [5.74, 6) is 0. The lowest BCUT2D eigenvalue weighted by molar-refractivity contribution is -0.148. The van der Waals surface area contributed by atoms with Crippen molar-refractivity contribution in [3.63, 3.8) is 0 Å². The van der Waals surface area contributed by atoms with Crippen molar-refractivity contribution >= 4 is 6.09 Å². The van der Waals surface area contributed by atoms with Gasteiger partial charge >= 0.3 is 6.09 Å². The van der Waals surface area contributed by atoms with E-state index < -0.39 is 24.4 Å². The number of amides is 1. The molecule has 1 fully saturated rings. The van der Waals surface area contributed by atoms with Crippen molar-refractivity contribution in [3.05, 3.63) is 0 Å². The molecule has 1 saturated heterocycles. The minimum absolute atomic E-state index is 0.0464. The molecule has 0 aromatic carbocycles. The lowest BCUT2D eigenvalue weighted by atomic mass is 10.0. The van der Waals surface area contributed by atoms with Crippen molar-refractivity contribution in [2.45, 2.75) is 24.7 Å². The van der Waals surface area contributed by atoms with E-state index in [0.29, 0.717) is 13.0 Å². The molecule has 1 heterocycles. The summed E-state index contributed by atoms with van der Waals surface area (Å²) in [6.45, 7) is 0.317. The Hall–Kier alpha value is -0.850. The van der Waals surface area contributed by atoms with Crippen LogP contribution in [0.1, 0.15) is 6.42 Å². The molecular formula is C9H17NO5. The van der Waals surface area contributed by atoms with E-state index in [0.717, 1.165) is 0 Å². The molecule has 1 aliphatic rings. The van der Waals surface area contributed by atoms with Crippen molar-refractivity contribution in [1.82, 2.24) is 4.90 Å². The summed E-state index contributed by atoms with van der Waals surface area (Å²) in [6, 6.07) is 0. The van der Waals surface area contributed by atoms with Crippen LogP contribution >= 0.6 is 0 Å². The minimum atomic E-state index is -0.992. The highest BCUT2D eigenvalue weighted by atomic mass is 16.6. The van der Waals surface area contributed by atoms with Crippen LogP contribution < -0.4 is 0 Å². The maximum Gasteiger partial charge on any atom is 0.409 e.